The molecule has 3 atom stereocenters. The Morgan fingerprint density at radius 1 is 1.11 bits per heavy atom. The van der Waals surface area contributed by atoms with Crippen LogP contribution in [-0.2, 0) is 9.59 Å². The average molecular weight is 481 g/mol. The number of hydrogen-bond donors (Lipinski definition) is 2. The lowest BCUT2D eigenvalue weighted by Crippen LogP contribution is -2.35. The number of fused-ring (bicyclic) bond motifs is 1. The second-order valence-corrected chi connectivity index (χ2v) is 9.03. The molecule has 1 saturated carbocycles. The number of nitrogens with one attached hydrogen (secondary N) is 2. The molecule has 0 unspecified atom stereocenters. The van der Waals surface area contributed by atoms with Crippen molar-refractivity contribution in [2.24, 2.45) is 17.8 Å². The molecule has 2 aromatic rings. The van der Waals surface area contributed by atoms with Crippen LogP contribution in [0.4, 0.5) is 17.1 Å². The van der Waals surface area contributed by atoms with Gasteiger partial charge in [-0.05, 0) is 49.4 Å². The number of nitrogens with zero attached hydrogens (tertiary/aromatic N) is 2. The van der Waals surface area contributed by atoms with E-state index in [4.69, 9.17) is 4.74 Å². The van der Waals surface area contributed by atoms with Crippen LogP contribution in [0.25, 0.3) is 0 Å². The molecule has 1 aliphatic heterocycles. The van der Waals surface area contributed by atoms with Gasteiger partial charge in [0.25, 0.3) is 11.6 Å². The van der Waals surface area contributed by atoms with Gasteiger partial charge in [-0.3, -0.25) is 29.4 Å². The van der Waals surface area contributed by atoms with Crippen molar-refractivity contribution in [2.45, 2.75) is 26.2 Å². The summed E-state index contributed by atoms with van der Waals surface area (Å²) in [5, 5.41) is 17.3. The largest absolute Gasteiger partial charge is 0.495 e. The standard InChI is InChI=1S/C25H28N4O6/c1-15-7-9-17-18(13-15)25(32)28(24(17)31)12-11-26-19-10-8-16(14-21(19)29(33)34)23(30)27-20-5-3-4-6-22(20)35-2/h3-6,8,10,14-15,17-18,26H,7,9,11-13H2,1-2H3,(H,27,30)/t15-,17+,18+/m1/s1. The van der Waals surface area contributed by atoms with Crippen LogP contribution < -0.4 is 15.4 Å². The highest BCUT2D eigenvalue weighted by atomic mass is 16.6. The van der Waals surface area contributed by atoms with Gasteiger partial charge in [0.1, 0.15) is 11.4 Å². The van der Waals surface area contributed by atoms with Crippen molar-refractivity contribution in [3.05, 3.63) is 58.1 Å². The van der Waals surface area contributed by atoms with Crippen molar-refractivity contribution < 1.29 is 24.0 Å². The Morgan fingerprint density at radius 2 is 1.86 bits per heavy atom. The maximum atomic E-state index is 12.7. The molecule has 0 aromatic heterocycles. The van der Waals surface area contributed by atoms with Gasteiger partial charge in [-0.15, -0.1) is 0 Å². The van der Waals surface area contributed by atoms with Crippen LogP contribution in [0.3, 0.4) is 0 Å². The fraction of sp³-hybridized carbons (Fsp3) is 0.400. The van der Waals surface area contributed by atoms with Gasteiger partial charge in [0.2, 0.25) is 11.8 Å². The van der Waals surface area contributed by atoms with Gasteiger partial charge in [0.15, 0.2) is 0 Å². The highest BCUT2D eigenvalue weighted by Gasteiger charge is 2.49. The minimum atomic E-state index is -0.579. The summed E-state index contributed by atoms with van der Waals surface area (Å²) < 4.78 is 5.22. The van der Waals surface area contributed by atoms with Crippen molar-refractivity contribution in [1.29, 1.82) is 0 Å². The number of amides is 3. The third-order valence-electron chi connectivity index (χ3n) is 6.74. The highest BCUT2D eigenvalue weighted by Crippen LogP contribution is 2.40. The van der Waals surface area contributed by atoms with Gasteiger partial charge in [-0.25, -0.2) is 0 Å². The van der Waals surface area contributed by atoms with Crippen LogP contribution in [0.5, 0.6) is 5.75 Å². The SMILES string of the molecule is COc1ccccc1NC(=O)c1ccc(NCCN2C(=O)[C@H]3CC[C@@H](C)C[C@@H]3C2=O)c([N+](=O)[O-])c1. The van der Waals surface area contributed by atoms with Crippen LogP contribution in [0.2, 0.25) is 0 Å². The molecule has 3 amide bonds. The van der Waals surface area contributed by atoms with Gasteiger partial charge in [0, 0.05) is 24.7 Å². The number of rotatable bonds is 8. The third kappa shape index (κ3) is 4.96. The molecule has 184 valence electrons. The number of carbonyl (C=O) groups is 3. The topological polar surface area (TPSA) is 131 Å². The maximum Gasteiger partial charge on any atom is 0.293 e. The Labute approximate surface area is 202 Å². The highest BCUT2D eigenvalue weighted by molar-refractivity contribution is 6.06. The molecule has 4 rings (SSSR count). The number of hydrogen-bond acceptors (Lipinski definition) is 7. The zero-order valence-corrected chi connectivity index (χ0v) is 19.7. The van der Waals surface area contributed by atoms with Crippen molar-refractivity contribution in [3.63, 3.8) is 0 Å². The number of anilines is 2. The quantitative estimate of drug-likeness (QED) is 0.335. The summed E-state index contributed by atoms with van der Waals surface area (Å²) >= 11 is 0. The van der Waals surface area contributed by atoms with Crippen LogP contribution >= 0.6 is 0 Å². The van der Waals surface area contributed by atoms with Crippen molar-refractivity contribution in [2.75, 3.05) is 30.8 Å². The van der Waals surface area contributed by atoms with E-state index in [-0.39, 0.29) is 53.7 Å². The summed E-state index contributed by atoms with van der Waals surface area (Å²) in [6.45, 7) is 2.39. The third-order valence-corrected chi connectivity index (χ3v) is 6.74. The fourth-order valence-corrected chi connectivity index (χ4v) is 4.90. The summed E-state index contributed by atoms with van der Waals surface area (Å²) in [6, 6.07) is 11.0. The predicted octanol–water partition coefficient (Wildman–Crippen LogP) is 3.69. The molecule has 0 radical (unpaired) electrons. The number of methoxy groups -OCH3 is 1. The van der Waals surface area contributed by atoms with Gasteiger partial charge < -0.3 is 15.4 Å². The number of nitro benzene ring substituents is 1. The Morgan fingerprint density at radius 3 is 2.60 bits per heavy atom. The summed E-state index contributed by atoms with van der Waals surface area (Å²) in [4.78, 5) is 50.5. The van der Waals surface area contributed by atoms with E-state index < -0.39 is 10.8 Å². The molecule has 1 aliphatic carbocycles. The molecule has 2 fully saturated rings. The molecule has 1 heterocycles. The Kier molecular flexibility index (Phi) is 6.99. The molecule has 0 spiro atoms. The minimum absolute atomic E-state index is 0.108. The molecular formula is C25H28N4O6. The van der Waals surface area contributed by atoms with E-state index in [1.807, 2.05) is 0 Å². The van der Waals surface area contributed by atoms with E-state index in [1.165, 1.54) is 30.2 Å². The molecule has 2 aromatic carbocycles. The maximum absolute atomic E-state index is 12.7. The van der Waals surface area contributed by atoms with Gasteiger partial charge in [0.05, 0.1) is 29.6 Å². The number of likely N-dealkylation sites (tertiary alicyclic amines) is 1. The molecule has 2 N–H and O–H groups in total. The molecule has 10 nitrogen and oxygen atoms in total. The van der Waals surface area contributed by atoms with E-state index in [0.717, 1.165) is 19.3 Å². The van der Waals surface area contributed by atoms with Gasteiger partial charge in [-0.2, -0.15) is 0 Å². The lowest BCUT2D eigenvalue weighted by Gasteiger charge is -2.25. The predicted molar refractivity (Wildman–Crippen MR) is 129 cm³/mol. The van der Waals surface area contributed by atoms with Crippen LogP contribution in [0.15, 0.2) is 42.5 Å². The van der Waals surface area contributed by atoms with Crippen molar-refractivity contribution in [1.82, 2.24) is 4.90 Å². The number of benzene rings is 2. The monoisotopic (exact) mass is 480 g/mol. The van der Waals surface area contributed by atoms with Crippen LogP contribution in [0.1, 0.15) is 36.5 Å². The number of imide groups is 1. The lowest BCUT2D eigenvalue weighted by atomic mass is 9.76. The van der Waals surface area contributed by atoms with Gasteiger partial charge >= 0.3 is 0 Å². The van der Waals surface area contributed by atoms with Gasteiger partial charge in [-0.1, -0.05) is 19.1 Å². The van der Waals surface area contributed by atoms with E-state index in [9.17, 15) is 24.5 Å². The first-order chi connectivity index (χ1) is 16.8. The van der Waals surface area contributed by atoms with Crippen LogP contribution in [-0.4, -0.2) is 47.7 Å². The fourth-order valence-electron chi connectivity index (χ4n) is 4.90. The molecule has 10 heteroatoms. The first kappa shape index (κ1) is 24.2. The van der Waals surface area contributed by atoms with Crippen LogP contribution in [0, 0.1) is 27.9 Å². The molecular weight excluding hydrogens is 452 g/mol. The average Bonchev–Trinajstić information content (AvgIpc) is 3.08. The number of carbonyl (C=O) groups excluding carboxylic acids is 3. The summed E-state index contributed by atoms with van der Waals surface area (Å²) in [5.41, 5.74) is 0.476. The first-order valence-electron chi connectivity index (χ1n) is 11.6. The smallest absolute Gasteiger partial charge is 0.293 e. The summed E-state index contributed by atoms with van der Waals surface area (Å²) in [6.07, 6.45) is 2.39. The second kappa shape index (κ2) is 10.1. The summed E-state index contributed by atoms with van der Waals surface area (Å²) in [5.74, 6) is -0.413. The Balaban J connectivity index is 1.42. The van der Waals surface area contributed by atoms with Crippen molar-refractivity contribution in [3.8, 4) is 5.75 Å². The second-order valence-electron chi connectivity index (χ2n) is 9.03. The Bertz CT molecular complexity index is 1170. The number of nitro groups is 1. The van der Waals surface area contributed by atoms with E-state index in [0.29, 0.717) is 17.4 Å². The first-order valence-corrected chi connectivity index (χ1v) is 11.6. The van der Waals surface area contributed by atoms with Crippen molar-refractivity contribution >= 4 is 34.8 Å². The molecule has 1 saturated heterocycles. The molecule has 2 aliphatic rings. The molecule has 35 heavy (non-hydrogen) atoms. The number of ether oxygens (including phenoxy) is 1. The zero-order valence-electron chi connectivity index (χ0n) is 19.7. The van der Waals surface area contributed by atoms with E-state index >= 15 is 0 Å². The zero-order chi connectivity index (χ0) is 25.1. The summed E-state index contributed by atoms with van der Waals surface area (Å²) in [7, 11) is 1.48. The minimum Gasteiger partial charge on any atom is -0.495 e. The normalized spacial score (nSPS) is 21.4. The Hall–Kier alpha value is -3.95. The number of para-hydroxylation sites is 2. The van der Waals surface area contributed by atoms with E-state index in [2.05, 4.69) is 17.6 Å². The lowest BCUT2D eigenvalue weighted by molar-refractivity contribution is -0.384. The van der Waals surface area contributed by atoms with E-state index in [1.54, 1.807) is 24.3 Å². The molecule has 0 bridgehead atoms.